The molecule has 0 radical (unpaired) electrons. The van der Waals surface area contributed by atoms with Crippen molar-refractivity contribution < 1.29 is 19.2 Å². The quantitative estimate of drug-likeness (QED) is 0.540. The van der Waals surface area contributed by atoms with Crippen LogP contribution in [0.5, 0.6) is 0 Å². The van der Waals surface area contributed by atoms with Crippen LogP contribution in [0.1, 0.15) is 25.7 Å². The number of primary amides is 1. The topological polar surface area (TPSA) is 116 Å². The monoisotopic (exact) mass is 311 g/mol. The molecule has 0 unspecified atom stereocenters. The van der Waals surface area contributed by atoms with Crippen molar-refractivity contribution in [3.8, 4) is 0 Å². The first-order valence-corrected chi connectivity index (χ1v) is 6.97. The summed E-state index contributed by atoms with van der Waals surface area (Å²) in [7, 11) is 3.53. The molecule has 0 aromatic rings. The molecular formula is C13H21N5O4. The van der Waals surface area contributed by atoms with Crippen LogP contribution in [0, 0.1) is 0 Å². The zero-order valence-electron chi connectivity index (χ0n) is 12.8. The van der Waals surface area contributed by atoms with Gasteiger partial charge in [-0.25, -0.2) is 9.59 Å². The Kier molecular flexibility index (Phi) is 6.48. The van der Waals surface area contributed by atoms with Gasteiger partial charge in [0.25, 0.3) is 0 Å². The number of hydrogen-bond donors (Lipinski definition) is 1. The number of rotatable bonds is 1. The maximum Gasteiger partial charge on any atom is 0.351 e. The van der Waals surface area contributed by atoms with E-state index in [9.17, 15) is 19.2 Å². The number of nitrogens with two attached hydrogens (primary N) is 1. The van der Waals surface area contributed by atoms with E-state index >= 15 is 0 Å². The van der Waals surface area contributed by atoms with Gasteiger partial charge in [-0.05, 0) is 12.8 Å². The summed E-state index contributed by atoms with van der Waals surface area (Å²) in [5.41, 5.74) is 4.85. The zero-order valence-corrected chi connectivity index (χ0v) is 12.8. The number of imide groups is 2. The fraction of sp³-hybridized carbons (Fsp3) is 0.615. The minimum Gasteiger partial charge on any atom is -0.369 e. The number of carbonyl (C=O) groups excluding carboxylic acids is 4. The maximum absolute atomic E-state index is 11.2. The van der Waals surface area contributed by atoms with Gasteiger partial charge in [0, 0.05) is 40.0 Å². The normalized spacial score (nSPS) is 17.7. The van der Waals surface area contributed by atoms with Crippen LogP contribution >= 0.6 is 0 Å². The Labute approximate surface area is 128 Å². The molecule has 0 aromatic carbocycles. The largest absolute Gasteiger partial charge is 0.369 e. The Bertz CT molecular complexity index is 489. The minimum atomic E-state index is -0.627. The lowest BCUT2D eigenvalue weighted by Gasteiger charge is -2.09. The van der Waals surface area contributed by atoms with Crippen LogP contribution in [0.25, 0.3) is 0 Å². The van der Waals surface area contributed by atoms with Gasteiger partial charge in [-0.15, -0.1) is 0 Å². The number of nitrogens with zero attached hydrogens (tertiary/aromatic N) is 4. The zero-order chi connectivity index (χ0) is 16.7. The predicted octanol–water partition coefficient (Wildman–Crippen LogP) is 0.00620. The Morgan fingerprint density at radius 2 is 1.59 bits per heavy atom. The van der Waals surface area contributed by atoms with E-state index in [0.717, 1.165) is 17.7 Å². The fourth-order valence-corrected chi connectivity index (χ4v) is 1.97. The van der Waals surface area contributed by atoms with Gasteiger partial charge < -0.3 is 10.6 Å². The van der Waals surface area contributed by atoms with Gasteiger partial charge in [0.2, 0.25) is 11.8 Å². The third-order valence-corrected chi connectivity index (χ3v) is 3.04. The smallest absolute Gasteiger partial charge is 0.351 e. The highest BCUT2D eigenvalue weighted by molar-refractivity contribution is 5.98. The molecule has 0 aromatic heterocycles. The molecule has 2 heterocycles. The first kappa shape index (κ1) is 17.6. The van der Waals surface area contributed by atoms with Crippen LogP contribution in [0.2, 0.25) is 0 Å². The molecule has 2 aliphatic rings. The Morgan fingerprint density at radius 3 is 1.91 bits per heavy atom. The molecule has 9 nitrogen and oxygen atoms in total. The van der Waals surface area contributed by atoms with Gasteiger partial charge in [-0.3, -0.25) is 19.4 Å². The molecule has 0 atom stereocenters. The van der Waals surface area contributed by atoms with E-state index in [0.29, 0.717) is 25.9 Å². The Hall–Kier alpha value is -2.45. The van der Waals surface area contributed by atoms with Crippen molar-refractivity contribution in [3.63, 3.8) is 0 Å². The minimum absolute atomic E-state index is 0.124. The molecule has 2 aliphatic heterocycles. The highest BCUT2D eigenvalue weighted by Crippen LogP contribution is 2.10. The molecule has 9 heteroatoms. The van der Waals surface area contributed by atoms with Crippen LogP contribution in [-0.4, -0.2) is 72.1 Å². The number of hydrogen-bond acceptors (Lipinski definition) is 4. The van der Waals surface area contributed by atoms with E-state index in [-0.39, 0.29) is 11.8 Å². The molecule has 2 rings (SSSR count). The van der Waals surface area contributed by atoms with Gasteiger partial charge in [0.1, 0.15) is 0 Å². The second kappa shape index (κ2) is 8.11. The van der Waals surface area contributed by atoms with Gasteiger partial charge in [0.05, 0.1) is 6.34 Å². The predicted molar refractivity (Wildman–Crippen MR) is 79.1 cm³/mol. The fourth-order valence-electron chi connectivity index (χ4n) is 1.97. The average molecular weight is 311 g/mol. The molecule has 2 saturated heterocycles. The van der Waals surface area contributed by atoms with Gasteiger partial charge >= 0.3 is 12.1 Å². The molecular weight excluding hydrogens is 290 g/mol. The van der Waals surface area contributed by atoms with Crippen molar-refractivity contribution in [1.82, 2.24) is 14.7 Å². The van der Waals surface area contributed by atoms with E-state index in [1.54, 1.807) is 19.0 Å². The summed E-state index contributed by atoms with van der Waals surface area (Å²) < 4.78 is 0. The lowest BCUT2D eigenvalue weighted by molar-refractivity contribution is -0.126. The van der Waals surface area contributed by atoms with Crippen LogP contribution in [0.4, 0.5) is 9.59 Å². The van der Waals surface area contributed by atoms with E-state index < -0.39 is 12.1 Å². The summed E-state index contributed by atoms with van der Waals surface area (Å²) in [5, 5.41) is 0. The van der Waals surface area contributed by atoms with Crippen molar-refractivity contribution in [1.29, 1.82) is 0 Å². The average Bonchev–Trinajstić information content (AvgIpc) is 3.05. The SMILES string of the molecule is CN(C)/C=N/C(=O)N1CCCC1=O.NC(=O)N1CCCC1=O. The molecule has 0 bridgehead atoms. The third-order valence-electron chi connectivity index (χ3n) is 3.04. The van der Waals surface area contributed by atoms with Gasteiger partial charge in [-0.1, -0.05) is 0 Å². The first-order valence-electron chi connectivity index (χ1n) is 6.97. The maximum atomic E-state index is 11.2. The van der Waals surface area contributed by atoms with Crippen molar-refractivity contribution in [2.45, 2.75) is 25.7 Å². The lowest BCUT2D eigenvalue weighted by atomic mass is 10.4. The summed E-state index contributed by atoms with van der Waals surface area (Å²) in [6.45, 7) is 0.997. The van der Waals surface area contributed by atoms with E-state index in [1.165, 1.54) is 11.2 Å². The Balaban J connectivity index is 0.000000235. The second-order valence-corrected chi connectivity index (χ2v) is 5.13. The number of urea groups is 2. The summed E-state index contributed by atoms with van der Waals surface area (Å²) in [5.74, 6) is -0.275. The van der Waals surface area contributed by atoms with Crippen LogP contribution in [-0.2, 0) is 9.59 Å². The standard InChI is InChI=1S/C8H13N3O2.C5H8N2O2/c1-10(2)6-9-8(13)11-5-3-4-7(11)12;6-5(9)7-3-1-2-4(7)8/h6H,3-5H2,1-2H3;1-3H2,(H2,6,9)/b9-6+;. The highest BCUT2D eigenvalue weighted by atomic mass is 16.2. The molecule has 0 aliphatic carbocycles. The Morgan fingerprint density at radius 1 is 1.09 bits per heavy atom. The van der Waals surface area contributed by atoms with Crippen LogP contribution in [0.15, 0.2) is 4.99 Å². The third kappa shape index (κ3) is 5.15. The number of aliphatic imine (C=N–C) groups is 1. The van der Waals surface area contributed by atoms with Crippen LogP contribution in [0.3, 0.4) is 0 Å². The summed E-state index contributed by atoms with van der Waals surface area (Å²) in [6, 6.07) is -1.09. The van der Waals surface area contributed by atoms with Gasteiger partial charge in [-0.2, -0.15) is 4.99 Å². The molecule has 0 saturated carbocycles. The second-order valence-electron chi connectivity index (χ2n) is 5.13. The molecule has 22 heavy (non-hydrogen) atoms. The first-order chi connectivity index (χ1) is 10.3. The molecule has 2 fully saturated rings. The molecule has 6 amide bonds. The van der Waals surface area contributed by atoms with Crippen molar-refractivity contribution in [2.75, 3.05) is 27.2 Å². The molecule has 2 N–H and O–H groups in total. The number of carbonyl (C=O) groups is 4. The molecule has 122 valence electrons. The summed E-state index contributed by atoms with van der Waals surface area (Å²) in [4.78, 5) is 50.8. The lowest BCUT2D eigenvalue weighted by Crippen LogP contribution is -2.36. The van der Waals surface area contributed by atoms with Crippen molar-refractivity contribution >= 4 is 30.2 Å². The number of likely N-dealkylation sites (tertiary alicyclic amines) is 2. The van der Waals surface area contributed by atoms with E-state index in [2.05, 4.69) is 4.99 Å². The van der Waals surface area contributed by atoms with Crippen LogP contribution < -0.4 is 5.73 Å². The summed E-state index contributed by atoms with van der Waals surface area (Å²) >= 11 is 0. The van der Waals surface area contributed by atoms with Crippen molar-refractivity contribution in [2.24, 2.45) is 10.7 Å². The number of amides is 6. The van der Waals surface area contributed by atoms with E-state index in [1.807, 2.05) is 0 Å². The van der Waals surface area contributed by atoms with E-state index in [4.69, 9.17) is 5.73 Å². The van der Waals surface area contributed by atoms with Crippen molar-refractivity contribution in [3.05, 3.63) is 0 Å². The highest BCUT2D eigenvalue weighted by Gasteiger charge is 2.25. The van der Waals surface area contributed by atoms with Gasteiger partial charge in [0.15, 0.2) is 0 Å². The molecule has 0 spiro atoms. The summed E-state index contributed by atoms with van der Waals surface area (Å²) in [6.07, 6.45) is 3.82.